The van der Waals surface area contributed by atoms with E-state index >= 15 is 0 Å². The van der Waals surface area contributed by atoms with E-state index in [1.54, 1.807) is 36.4 Å². The van der Waals surface area contributed by atoms with Gasteiger partial charge in [-0.25, -0.2) is 4.90 Å². The third kappa shape index (κ3) is 2.61. The fourth-order valence-electron chi connectivity index (χ4n) is 5.27. The maximum absolute atomic E-state index is 13.7. The molecule has 7 heteroatoms. The van der Waals surface area contributed by atoms with Gasteiger partial charge in [0.2, 0.25) is 17.6 Å². The number of benzene rings is 2. The fraction of sp³-hybridized carbons (Fsp3) is 0.160. The lowest BCUT2D eigenvalue weighted by atomic mass is 9.84. The third-order valence-corrected chi connectivity index (χ3v) is 7.11. The van der Waals surface area contributed by atoms with Crippen LogP contribution in [0.1, 0.15) is 27.7 Å². The largest absolute Gasteiger partial charge is 0.461 e. The summed E-state index contributed by atoms with van der Waals surface area (Å²) >= 11 is 3.39. The second-order valence-electron chi connectivity index (χ2n) is 8.16. The Morgan fingerprint density at radius 1 is 0.906 bits per heavy atom. The van der Waals surface area contributed by atoms with E-state index in [1.165, 1.54) is 11.2 Å². The molecule has 6 rings (SSSR count). The Hall–Kier alpha value is -3.45. The first-order valence-electron chi connectivity index (χ1n) is 10.3. The molecule has 0 bridgehead atoms. The molecule has 3 aliphatic rings. The Kier molecular flexibility index (Phi) is 4.23. The van der Waals surface area contributed by atoms with Crippen molar-refractivity contribution in [2.24, 2.45) is 11.8 Å². The Balaban J connectivity index is 1.50. The first-order valence-corrected chi connectivity index (χ1v) is 11.1. The van der Waals surface area contributed by atoms with Crippen LogP contribution in [0, 0.1) is 11.8 Å². The zero-order chi connectivity index (χ0) is 22.0. The van der Waals surface area contributed by atoms with E-state index in [0.29, 0.717) is 5.69 Å². The average molecular weight is 489 g/mol. The van der Waals surface area contributed by atoms with Gasteiger partial charge in [0.15, 0.2) is 5.76 Å². The predicted octanol–water partition coefficient (Wildman–Crippen LogP) is 4.44. The molecule has 0 aliphatic carbocycles. The number of carbonyl (C=O) groups excluding carboxylic acids is 3. The first-order chi connectivity index (χ1) is 15.6. The van der Waals surface area contributed by atoms with E-state index in [-0.39, 0.29) is 23.4 Å². The Bertz CT molecular complexity index is 1280. The summed E-state index contributed by atoms with van der Waals surface area (Å²) in [6.45, 7) is 0. The minimum absolute atomic E-state index is 0.184. The summed E-state index contributed by atoms with van der Waals surface area (Å²) in [5, 5.41) is 0. The zero-order valence-corrected chi connectivity index (χ0v) is 18.3. The summed E-state index contributed by atoms with van der Waals surface area (Å²) < 4.78 is 6.23. The Labute approximate surface area is 192 Å². The first kappa shape index (κ1) is 19.3. The lowest BCUT2D eigenvalue weighted by Crippen LogP contribution is -2.44. The number of nitrogens with zero attached hydrogens (tertiary/aromatic N) is 2. The minimum atomic E-state index is -0.822. The van der Waals surface area contributed by atoms with Crippen molar-refractivity contribution in [1.82, 2.24) is 4.90 Å². The third-order valence-electron chi connectivity index (χ3n) is 6.58. The zero-order valence-electron chi connectivity index (χ0n) is 16.7. The number of hydrogen-bond acceptors (Lipinski definition) is 5. The number of Topliss-reactive ketones (excluding diaryl/α,β-unsaturated/α-hetero) is 1. The van der Waals surface area contributed by atoms with Crippen LogP contribution in [0.2, 0.25) is 0 Å². The molecular weight excluding hydrogens is 472 g/mol. The van der Waals surface area contributed by atoms with Crippen molar-refractivity contribution in [3.63, 3.8) is 0 Å². The maximum Gasteiger partial charge on any atom is 0.240 e. The predicted molar refractivity (Wildman–Crippen MR) is 120 cm³/mol. The summed E-state index contributed by atoms with van der Waals surface area (Å²) in [6, 6.07) is 16.9. The molecule has 6 nitrogen and oxygen atoms in total. The van der Waals surface area contributed by atoms with E-state index in [4.69, 9.17) is 4.42 Å². The molecule has 2 amide bonds. The summed E-state index contributed by atoms with van der Waals surface area (Å²) in [4.78, 5) is 44.0. The van der Waals surface area contributed by atoms with Crippen LogP contribution in [0.15, 0.2) is 82.0 Å². The van der Waals surface area contributed by atoms with Gasteiger partial charge in [-0.2, -0.15) is 0 Å². The number of imide groups is 1. The van der Waals surface area contributed by atoms with Crippen LogP contribution in [-0.2, 0) is 9.59 Å². The Morgan fingerprint density at radius 3 is 2.41 bits per heavy atom. The number of carbonyl (C=O) groups is 3. The van der Waals surface area contributed by atoms with E-state index in [2.05, 4.69) is 15.9 Å². The molecule has 0 unspecified atom stereocenters. The maximum atomic E-state index is 13.7. The monoisotopic (exact) mass is 488 g/mol. The molecule has 3 aliphatic heterocycles. The topological polar surface area (TPSA) is 70.8 Å². The van der Waals surface area contributed by atoms with Crippen LogP contribution < -0.4 is 4.90 Å². The van der Waals surface area contributed by atoms with Crippen LogP contribution in [-0.4, -0.2) is 28.5 Å². The molecule has 4 heterocycles. The standard InChI is InChI=1S/C25H17BrN2O4/c26-15-7-9-16(10-8-15)28-24(30)19-20(25(28)31)22(23(29)18-6-3-13-32-18)27-12-11-14-4-1-2-5-17(14)21(19)27/h1-13,19-22H/t19-,20-,21-,22+/m1/s1. The fourth-order valence-corrected chi connectivity index (χ4v) is 5.53. The SMILES string of the molecule is O=C(c1ccco1)[C@@H]1[C@@H]2C(=O)N(c3ccc(Br)cc3)C(=O)[C@H]2[C@H]2c3ccccc3C=CN12. The highest BCUT2D eigenvalue weighted by molar-refractivity contribution is 9.10. The molecule has 0 saturated carbocycles. The summed E-state index contributed by atoms with van der Waals surface area (Å²) in [7, 11) is 0. The van der Waals surface area contributed by atoms with Crippen molar-refractivity contribution in [3.8, 4) is 0 Å². The van der Waals surface area contributed by atoms with Gasteiger partial charge in [0.25, 0.3) is 0 Å². The van der Waals surface area contributed by atoms with Gasteiger partial charge in [0.1, 0.15) is 6.04 Å². The van der Waals surface area contributed by atoms with Crippen LogP contribution >= 0.6 is 15.9 Å². The number of anilines is 1. The molecular formula is C25H17BrN2O4. The summed E-state index contributed by atoms with van der Waals surface area (Å²) in [6.07, 6.45) is 5.20. The van der Waals surface area contributed by atoms with Crippen LogP contribution in [0.5, 0.6) is 0 Å². The smallest absolute Gasteiger partial charge is 0.240 e. The molecule has 1 aromatic heterocycles. The molecule has 2 aromatic carbocycles. The van der Waals surface area contributed by atoms with Gasteiger partial charge in [-0.15, -0.1) is 0 Å². The van der Waals surface area contributed by atoms with E-state index in [1.807, 2.05) is 41.4 Å². The summed E-state index contributed by atoms with van der Waals surface area (Å²) in [5.41, 5.74) is 2.44. The van der Waals surface area contributed by atoms with Gasteiger partial charge >= 0.3 is 0 Å². The van der Waals surface area contributed by atoms with Crippen molar-refractivity contribution >= 4 is 45.3 Å². The van der Waals surface area contributed by atoms with Gasteiger partial charge in [-0.1, -0.05) is 40.2 Å². The van der Waals surface area contributed by atoms with Gasteiger partial charge in [-0.05, 0) is 53.6 Å². The lowest BCUT2D eigenvalue weighted by Gasteiger charge is -2.35. The van der Waals surface area contributed by atoms with E-state index in [9.17, 15) is 14.4 Å². The number of amides is 2. The van der Waals surface area contributed by atoms with Gasteiger partial charge in [0.05, 0.1) is 29.8 Å². The van der Waals surface area contributed by atoms with Crippen molar-refractivity contribution < 1.29 is 18.8 Å². The highest BCUT2D eigenvalue weighted by Gasteiger charge is 2.64. The van der Waals surface area contributed by atoms with Crippen LogP contribution in [0.4, 0.5) is 5.69 Å². The molecule has 2 fully saturated rings. The number of halogens is 1. The van der Waals surface area contributed by atoms with Gasteiger partial charge in [0, 0.05) is 10.7 Å². The highest BCUT2D eigenvalue weighted by atomic mass is 79.9. The second-order valence-corrected chi connectivity index (χ2v) is 9.08. The minimum Gasteiger partial charge on any atom is -0.461 e. The number of ketones is 1. The molecule has 0 radical (unpaired) electrons. The van der Waals surface area contributed by atoms with Crippen LogP contribution in [0.3, 0.4) is 0 Å². The number of hydrogen-bond donors (Lipinski definition) is 0. The number of furan rings is 1. The molecule has 32 heavy (non-hydrogen) atoms. The van der Waals surface area contributed by atoms with Crippen molar-refractivity contribution in [1.29, 1.82) is 0 Å². The molecule has 4 atom stereocenters. The van der Waals surface area contributed by atoms with Gasteiger partial charge in [-0.3, -0.25) is 14.4 Å². The Morgan fingerprint density at radius 2 is 1.66 bits per heavy atom. The average Bonchev–Trinajstić information content (AvgIpc) is 3.51. The molecule has 0 spiro atoms. The van der Waals surface area contributed by atoms with E-state index in [0.717, 1.165) is 15.6 Å². The van der Waals surface area contributed by atoms with Crippen molar-refractivity contribution in [2.75, 3.05) is 4.90 Å². The van der Waals surface area contributed by atoms with E-state index < -0.39 is 23.9 Å². The van der Waals surface area contributed by atoms with Crippen molar-refractivity contribution in [2.45, 2.75) is 12.1 Å². The normalized spacial score (nSPS) is 25.7. The second kappa shape index (κ2) is 7.03. The summed E-state index contributed by atoms with van der Waals surface area (Å²) in [5.74, 6) is -2.21. The number of fused-ring (bicyclic) bond motifs is 5. The van der Waals surface area contributed by atoms with Gasteiger partial charge < -0.3 is 9.32 Å². The molecule has 0 N–H and O–H groups in total. The highest BCUT2D eigenvalue weighted by Crippen LogP contribution is 2.53. The van der Waals surface area contributed by atoms with Crippen LogP contribution in [0.25, 0.3) is 6.08 Å². The number of rotatable bonds is 3. The lowest BCUT2D eigenvalue weighted by molar-refractivity contribution is -0.123. The molecule has 2 saturated heterocycles. The quantitative estimate of drug-likeness (QED) is 0.402. The van der Waals surface area contributed by atoms with Crippen molar-refractivity contribution in [3.05, 3.63) is 94.5 Å². The molecule has 3 aromatic rings. The molecule has 158 valence electrons.